The summed E-state index contributed by atoms with van der Waals surface area (Å²) in [7, 11) is 0. The maximum absolute atomic E-state index is 12.5. The van der Waals surface area contributed by atoms with Crippen LogP contribution in [0.4, 0.5) is 18.3 Å². The number of nitrogens with zero attached hydrogens (tertiary/aromatic N) is 2. The number of halogens is 3. The number of oxazole rings is 1. The van der Waals surface area contributed by atoms with Crippen LogP contribution >= 0.6 is 22.7 Å². The molecule has 1 N–H and O–H groups in total. The Hall–Kier alpha value is -2.92. The summed E-state index contributed by atoms with van der Waals surface area (Å²) in [6.07, 6.45) is -3.61. The van der Waals surface area contributed by atoms with E-state index >= 15 is 0 Å². The van der Waals surface area contributed by atoms with Gasteiger partial charge in [0.1, 0.15) is 5.75 Å². The second kappa shape index (κ2) is 6.67. The summed E-state index contributed by atoms with van der Waals surface area (Å²) in [4.78, 5) is 21.4. The van der Waals surface area contributed by atoms with Gasteiger partial charge in [-0.3, -0.25) is 10.1 Å². The maximum atomic E-state index is 12.5. The number of alkyl halides is 3. The van der Waals surface area contributed by atoms with Crippen LogP contribution in [-0.4, -0.2) is 22.2 Å². The molecule has 27 heavy (non-hydrogen) atoms. The van der Waals surface area contributed by atoms with Gasteiger partial charge in [0.2, 0.25) is 0 Å². The monoisotopic (exact) mass is 411 g/mol. The Kier molecular flexibility index (Phi) is 4.32. The van der Waals surface area contributed by atoms with Crippen molar-refractivity contribution in [2.45, 2.75) is 6.36 Å². The number of anilines is 1. The van der Waals surface area contributed by atoms with Crippen molar-refractivity contribution >= 4 is 43.9 Å². The minimum absolute atomic E-state index is 0.0952. The average Bonchev–Trinajstić information content (AvgIpc) is 3.32. The van der Waals surface area contributed by atoms with E-state index in [0.29, 0.717) is 16.0 Å². The Morgan fingerprint density at radius 3 is 2.85 bits per heavy atom. The Bertz CT molecular complexity index is 1100. The number of thiophene rings is 1. The standard InChI is InChI=1S/C16H8F3N3O3S2/c17-16(18,19)25-8-3-4-9-11(6-8)27-15(21-9)22-14(23)12-13(24-7-20-12)10-2-1-5-26-10/h1-7H,(H,21,22,23). The number of ether oxygens (including phenoxy) is 1. The summed E-state index contributed by atoms with van der Waals surface area (Å²) in [5, 5.41) is 4.65. The van der Waals surface area contributed by atoms with E-state index in [1.165, 1.54) is 29.9 Å². The van der Waals surface area contributed by atoms with Crippen LogP contribution in [0.3, 0.4) is 0 Å². The zero-order chi connectivity index (χ0) is 19.0. The Morgan fingerprint density at radius 2 is 2.11 bits per heavy atom. The van der Waals surface area contributed by atoms with Gasteiger partial charge in [-0.1, -0.05) is 17.4 Å². The van der Waals surface area contributed by atoms with Crippen molar-refractivity contribution in [1.82, 2.24) is 9.97 Å². The zero-order valence-electron chi connectivity index (χ0n) is 13.1. The number of hydrogen-bond donors (Lipinski definition) is 1. The van der Waals surface area contributed by atoms with Crippen molar-refractivity contribution in [3.8, 4) is 16.4 Å². The summed E-state index contributed by atoms with van der Waals surface area (Å²) < 4.78 is 46.6. The fourth-order valence-corrected chi connectivity index (χ4v) is 3.90. The molecule has 1 aromatic carbocycles. The number of benzene rings is 1. The third kappa shape index (κ3) is 3.78. The third-order valence-electron chi connectivity index (χ3n) is 3.34. The molecule has 4 aromatic rings. The van der Waals surface area contributed by atoms with E-state index in [9.17, 15) is 18.0 Å². The van der Waals surface area contributed by atoms with Crippen molar-refractivity contribution in [3.05, 3.63) is 47.8 Å². The second-order valence-electron chi connectivity index (χ2n) is 5.16. The molecular formula is C16H8F3N3O3S2. The molecule has 3 heterocycles. The smallest absolute Gasteiger partial charge is 0.442 e. The van der Waals surface area contributed by atoms with Gasteiger partial charge in [-0.25, -0.2) is 9.97 Å². The van der Waals surface area contributed by atoms with Crippen LogP contribution in [0.15, 0.2) is 46.5 Å². The maximum Gasteiger partial charge on any atom is 0.573 e. The van der Waals surface area contributed by atoms with Gasteiger partial charge in [-0.2, -0.15) is 0 Å². The van der Waals surface area contributed by atoms with E-state index in [2.05, 4.69) is 20.0 Å². The van der Waals surface area contributed by atoms with Crippen LogP contribution in [0.2, 0.25) is 0 Å². The highest BCUT2D eigenvalue weighted by molar-refractivity contribution is 7.22. The van der Waals surface area contributed by atoms with Gasteiger partial charge < -0.3 is 9.15 Å². The van der Waals surface area contributed by atoms with Crippen molar-refractivity contribution < 1.29 is 27.1 Å². The van der Waals surface area contributed by atoms with Gasteiger partial charge in [0.05, 0.1) is 15.1 Å². The normalized spacial score (nSPS) is 11.7. The highest BCUT2D eigenvalue weighted by Gasteiger charge is 2.31. The van der Waals surface area contributed by atoms with Gasteiger partial charge in [-0.05, 0) is 23.6 Å². The highest BCUT2D eigenvalue weighted by atomic mass is 32.1. The lowest BCUT2D eigenvalue weighted by Gasteiger charge is -2.07. The molecule has 0 aliphatic rings. The van der Waals surface area contributed by atoms with E-state index in [-0.39, 0.29) is 16.6 Å². The fraction of sp³-hybridized carbons (Fsp3) is 0.0625. The lowest BCUT2D eigenvalue weighted by Crippen LogP contribution is -2.16. The van der Waals surface area contributed by atoms with Crippen LogP contribution in [0.5, 0.6) is 5.75 Å². The van der Waals surface area contributed by atoms with Gasteiger partial charge in [0, 0.05) is 6.07 Å². The minimum Gasteiger partial charge on any atom is -0.442 e. The summed E-state index contributed by atoms with van der Waals surface area (Å²) in [6.45, 7) is 0. The lowest BCUT2D eigenvalue weighted by atomic mass is 10.3. The molecule has 0 fully saturated rings. The molecular weight excluding hydrogens is 403 g/mol. The number of hydrogen-bond acceptors (Lipinski definition) is 7. The zero-order valence-corrected chi connectivity index (χ0v) is 14.7. The first kappa shape index (κ1) is 17.5. The molecule has 0 unspecified atom stereocenters. The summed E-state index contributed by atoms with van der Waals surface area (Å²) in [6, 6.07) is 7.37. The predicted octanol–water partition coefficient (Wildman–Crippen LogP) is 5.16. The van der Waals surface area contributed by atoms with Crippen molar-refractivity contribution in [1.29, 1.82) is 0 Å². The quantitative estimate of drug-likeness (QED) is 0.502. The summed E-state index contributed by atoms with van der Waals surface area (Å²) in [5.41, 5.74) is 0.529. The van der Waals surface area contributed by atoms with E-state index in [1.807, 2.05) is 11.4 Å². The molecule has 0 atom stereocenters. The molecule has 0 radical (unpaired) electrons. The number of fused-ring (bicyclic) bond motifs is 1. The molecule has 0 saturated carbocycles. The summed E-state index contributed by atoms with van der Waals surface area (Å²) in [5.74, 6) is -0.546. The number of carbonyl (C=O) groups is 1. The van der Waals surface area contributed by atoms with Gasteiger partial charge in [0.25, 0.3) is 5.91 Å². The fourth-order valence-electron chi connectivity index (χ4n) is 2.30. The van der Waals surface area contributed by atoms with Crippen LogP contribution in [-0.2, 0) is 0 Å². The second-order valence-corrected chi connectivity index (χ2v) is 7.14. The Labute approximate surface area is 157 Å². The van der Waals surface area contributed by atoms with Gasteiger partial charge in [-0.15, -0.1) is 24.5 Å². The number of amides is 1. The van der Waals surface area contributed by atoms with Crippen molar-refractivity contribution in [2.75, 3.05) is 5.32 Å². The number of nitrogens with one attached hydrogen (secondary N) is 1. The van der Waals surface area contributed by atoms with E-state index in [1.54, 1.807) is 6.07 Å². The molecule has 0 bridgehead atoms. The SMILES string of the molecule is O=C(Nc1nc2ccc(OC(F)(F)F)cc2s1)c1ncoc1-c1cccs1. The largest absolute Gasteiger partial charge is 0.573 e. The van der Waals surface area contributed by atoms with E-state index < -0.39 is 12.3 Å². The van der Waals surface area contributed by atoms with Gasteiger partial charge >= 0.3 is 6.36 Å². The number of carbonyl (C=O) groups excluding carboxylic acids is 1. The molecule has 11 heteroatoms. The highest BCUT2D eigenvalue weighted by Crippen LogP contribution is 2.32. The lowest BCUT2D eigenvalue weighted by molar-refractivity contribution is -0.274. The molecule has 3 aromatic heterocycles. The average molecular weight is 411 g/mol. The van der Waals surface area contributed by atoms with Crippen LogP contribution in [0.25, 0.3) is 20.9 Å². The molecule has 0 saturated heterocycles. The first-order chi connectivity index (χ1) is 12.9. The molecule has 1 amide bonds. The predicted molar refractivity (Wildman–Crippen MR) is 94.1 cm³/mol. The van der Waals surface area contributed by atoms with Crippen molar-refractivity contribution in [3.63, 3.8) is 0 Å². The molecule has 4 rings (SSSR count). The number of thiazole rings is 1. The van der Waals surface area contributed by atoms with E-state index in [4.69, 9.17) is 4.42 Å². The molecule has 6 nitrogen and oxygen atoms in total. The van der Waals surface area contributed by atoms with E-state index in [0.717, 1.165) is 22.3 Å². The number of aromatic nitrogens is 2. The molecule has 0 aliphatic heterocycles. The molecule has 138 valence electrons. The molecule has 0 aliphatic carbocycles. The topological polar surface area (TPSA) is 77.2 Å². The first-order valence-electron chi connectivity index (χ1n) is 7.34. The van der Waals surface area contributed by atoms with Crippen molar-refractivity contribution in [2.24, 2.45) is 0 Å². The van der Waals surface area contributed by atoms with Crippen LogP contribution < -0.4 is 10.1 Å². The van der Waals surface area contributed by atoms with Crippen LogP contribution in [0, 0.1) is 0 Å². The molecule has 0 spiro atoms. The summed E-state index contributed by atoms with van der Waals surface area (Å²) >= 11 is 2.42. The Balaban J connectivity index is 1.57. The van der Waals surface area contributed by atoms with Gasteiger partial charge in [0.15, 0.2) is 23.0 Å². The Morgan fingerprint density at radius 1 is 1.26 bits per heavy atom. The number of rotatable bonds is 4. The third-order valence-corrected chi connectivity index (χ3v) is 5.14. The first-order valence-corrected chi connectivity index (χ1v) is 9.04. The minimum atomic E-state index is -4.78. The van der Waals surface area contributed by atoms with Crippen LogP contribution in [0.1, 0.15) is 10.5 Å².